The smallest absolute Gasteiger partial charge is 0.269 e. The lowest BCUT2D eigenvalue weighted by Gasteiger charge is -2.18. The highest BCUT2D eigenvalue weighted by atomic mass is 16.2. The highest BCUT2D eigenvalue weighted by Gasteiger charge is 2.34. The summed E-state index contributed by atoms with van der Waals surface area (Å²) in [7, 11) is 0. The van der Waals surface area contributed by atoms with Crippen LogP contribution in [-0.4, -0.2) is 18.4 Å². The summed E-state index contributed by atoms with van der Waals surface area (Å²) in [4.78, 5) is 24.6. The first-order chi connectivity index (χ1) is 12.2. The highest BCUT2D eigenvalue weighted by Crippen LogP contribution is 2.24. The molecule has 2 unspecified atom stereocenters. The predicted molar refractivity (Wildman–Crippen MR) is 95.2 cm³/mol. The molecule has 4 N–H and O–H groups in total. The van der Waals surface area contributed by atoms with E-state index in [1.165, 1.54) is 0 Å². The van der Waals surface area contributed by atoms with E-state index < -0.39 is 0 Å². The van der Waals surface area contributed by atoms with E-state index in [1.54, 1.807) is 12.1 Å². The van der Waals surface area contributed by atoms with Gasteiger partial charge in [-0.3, -0.25) is 25.9 Å². The van der Waals surface area contributed by atoms with Crippen molar-refractivity contribution in [2.45, 2.75) is 19.4 Å². The topological polar surface area (TPSA) is 82.3 Å². The molecule has 0 aromatic heterocycles. The van der Waals surface area contributed by atoms with Gasteiger partial charge in [-0.25, -0.2) is 5.43 Å². The van der Waals surface area contributed by atoms with Gasteiger partial charge in [0, 0.05) is 12.1 Å². The second-order valence-corrected chi connectivity index (χ2v) is 6.01. The van der Waals surface area contributed by atoms with Crippen molar-refractivity contribution in [2.75, 3.05) is 6.54 Å². The minimum absolute atomic E-state index is 0.137. The van der Waals surface area contributed by atoms with Gasteiger partial charge in [0.2, 0.25) is 5.91 Å². The van der Waals surface area contributed by atoms with Crippen molar-refractivity contribution in [1.29, 1.82) is 0 Å². The van der Waals surface area contributed by atoms with Crippen molar-refractivity contribution in [3.8, 4) is 0 Å². The third kappa shape index (κ3) is 4.04. The molecule has 130 valence electrons. The number of rotatable bonds is 4. The van der Waals surface area contributed by atoms with Gasteiger partial charge >= 0.3 is 0 Å². The molecular formula is C19H22N4O2. The van der Waals surface area contributed by atoms with Gasteiger partial charge in [-0.1, -0.05) is 49.4 Å². The van der Waals surface area contributed by atoms with E-state index in [0.717, 1.165) is 17.5 Å². The summed E-state index contributed by atoms with van der Waals surface area (Å²) in [6.45, 7) is 2.55. The fraction of sp³-hybridized carbons (Fsp3) is 0.263. The largest absolute Gasteiger partial charge is 0.273 e. The van der Waals surface area contributed by atoms with Crippen molar-refractivity contribution in [1.82, 2.24) is 21.7 Å². The molecule has 1 aliphatic rings. The Kier molecular flexibility index (Phi) is 5.42. The molecule has 1 saturated heterocycles. The molecule has 6 nitrogen and oxygen atoms in total. The maximum atomic E-state index is 12.5. The average molecular weight is 338 g/mol. The quantitative estimate of drug-likeness (QED) is 0.637. The van der Waals surface area contributed by atoms with Crippen LogP contribution in [0.3, 0.4) is 0 Å². The monoisotopic (exact) mass is 338 g/mol. The van der Waals surface area contributed by atoms with E-state index in [-0.39, 0.29) is 23.8 Å². The van der Waals surface area contributed by atoms with Crippen LogP contribution < -0.4 is 21.7 Å². The number of carbonyl (C=O) groups excluding carboxylic acids is 2. The SMILES string of the molecule is CCc1ccc(C(=O)NNC(=O)C2CNNC2c2ccccc2)cc1. The van der Waals surface area contributed by atoms with Crippen LogP contribution in [0.15, 0.2) is 54.6 Å². The fourth-order valence-corrected chi connectivity index (χ4v) is 2.89. The molecule has 2 aromatic rings. The number of amides is 2. The number of benzene rings is 2. The summed E-state index contributed by atoms with van der Waals surface area (Å²) in [6.07, 6.45) is 0.918. The Bertz CT molecular complexity index is 731. The molecule has 1 aliphatic heterocycles. The number of nitrogens with one attached hydrogen (secondary N) is 4. The Hall–Kier alpha value is -2.70. The number of hydrogen-bond donors (Lipinski definition) is 4. The summed E-state index contributed by atoms with van der Waals surface area (Å²) < 4.78 is 0. The Morgan fingerprint density at radius 2 is 1.76 bits per heavy atom. The molecule has 3 rings (SSSR count). The Labute approximate surface area is 147 Å². The van der Waals surface area contributed by atoms with Gasteiger partial charge in [0.05, 0.1) is 12.0 Å². The van der Waals surface area contributed by atoms with Crippen LogP contribution in [0.25, 0.3) is 0 Å². The molecule has 0 aliphatic carbocycles. The fourth-order valence-electron chi connectivity index (χ4n) is 2.89. The van der Waals surface area contributed by atoms with Gasteiger partial charge in [-0.05, 0) is 29.7 Å². The van der Waals surface area contributed by atoms with Gasteiger partial charge < -0.3 is 0 Å². The zero-order valence-electron chi connectivity index (χ0n) is 14.1. The standard InChI is InChI=1S/C19H22N4O2/c1-2-13-8-10-15(11-9-13)18(24)22-23-19(25)16-12-20-21-17(16)14-6-4-3-5-7-14/h3-11,16-17,20-21H,2,12H2,1H3,(H,22,24)(H,23,25). The van der Waals surface area contributed by atoms with Gasteiger partial charge in [-0.15, -0.1) is 0 Å². The summed E-state index contributed by atoms with van der Waals surface area (Å²) in [5.41, 5.74) is 13.8. The number of hydrazine groups is 2. The molecule has 0 bridgehead atoms. The van der Waals surface area contributed by atoms with Crippen LogP contribution in [0.5, 0.6) is 0 Å². The molecule has 0 spiro atoms. The Morgan fingerprint density at radius 3 is 2.44 bits per heavy atom. The van der Waals surface area contributed by atoms with Crippen LogP contribution in [0.4, 0.5) is 0 Å². The molecular weight excluding hydrogens is 316 g/mol. The maximum absolute atomic E-state index is 12.5. The van der Waals surface area contributed by atoms with Crippen molar-refractivity contribution >= 4 is 11.8 Å². The minimum Gasteiger partial charge on any atom is -0.273 e. The lowest BCUT2D eigenvalue weighted by molar-refractivity contribution is -0.125. The third-order valence-corrected chi connectivity index (χ3v) is 4.40. The van der Waals surface area contributed by atoms with Gasteiger partial charge in [-0.2, -0.15) is 0 Å². The molecule has 0 saturated carbocycles. The second kappa shape index (κ2) is 7.92. The van der Waals surface area contributed by atoms with Crippen LogP contribution in [0, 0.1) is 5.92 Å². The van der Waals surface area contributed by atoms with E-state index in [9.17, 15) is 9.59 Å². The summed E-state index contributed by atoms with van der Waals surface area (Å²) in [5, 5.41) is 0. The number of carbonyl (C=O) groups is 2. The molecule has 2 aromatic carbocycles. The Balaban J connectivity index is 1.58. The Morgan fingerprint density at radius 1 is 1.04 bits per heavy atom. The van der Waals surface area contributed by atoms with Gasteiger partial charge in [0.1, 0.15) is 0 Å². The lowest BCUT2D eigenvalue weighted by Crippen LogP contribution is -2.46. The molecule has 2 atom stereocenters. The minimum atomic E-state index is -0.328. The van der Waals surface area contributed by atoms with Crippen LogP contribution in [0.1, 0.15) is 34.5 Å². The summed E-state index contributed by atoms with van der Waals surface area (Å²) in [6, 6.07) is 16.9. The first kappa shape index (κ1) is 17.1. The van der Waals surface area contributed by atoms with E-state index in [0.29, 0.717) is 12.1 Å². The normalized spacial score (nSPS) is 19.4. The molecule has 1 fully saturated rings. The van der Waals surface area contributed by atoms with E-state index >= 15 is 0 Å². The predicted octanol–water partition coefficient (Wildman–Crippen LogP) is 1.48. The van der Waals surface area contributed by atoms with Crippen molar-refractivity contribution in [2.24, 2.45) is 5.92 Å². The van der Waals surface area contributed by atoms with E-state index in [4.69, 9.17) is 0 Å². The van der Waals surface area contributed by atoms with Crippen LogP contribution in [0.2, 0.25) is 0 Å². The third-order valence-electron chi connectivity index (χ3n) is 4.40. The molecule has 2 amide bonds. The first-order valence-electron chi connectivity index (χ1n) is 8.41. The van der Waals surface area contributed by atoms with Crippen molar-refractivity contribution in [3.05, 3.63) is 71.3 Å². The van der Waals surface area contributed by atoms with Crippen molar-refractivity contribution < 1.29 is 9.59 Å². The van der Waals surface area contributed by atoms with Crippen molar-refractivity contribution in [3.63, 3.8) is 0 Å². The molecule has 25 heavy (non-hydrogen) atoms. The first-order valence-corrected chi connectivity index (χ1v) is 8.41. The summed E-state index contributed by atoms with van der Waals surface area (Å²) >= 11 is 0. The van der Waals surface area contributed by atoms with Crippen LogP contribution >= 0.6 is 0 Å². The summed E-state index contributed by atoms with van der Waals surface area (Å²) in [5.74, 6) is -0.874. The van der Waals surface area contributed by atoms with E-state index in [2.05, 4.69) is 28.6 Å². The lowest BCUT2D eigenvalue weighted by atomic mass is 9.94. The van der Waals surface area contributed by atoms with Gasteiger partial charge in [0.25, 0.3) is 5.91 Å². The number of hydrogen-bond acceptors (Lipinski definition) is 4. The zero-order chi connectivity index (χ0) is 17.6. The van der Waals surface area contributed by atoms with Crippen LogP contribution in [-0.2, 0) is 11.2 Å². The maximum Gasteiger partial charge on any atom is 0.269 e. The molecule has 1 heterocycles. The zero-order valence-corrected chi connectivity index (χ0v) is 14.1. The molecule has 6 heteroatoms. The number of aryl methyl sites for hydroxylation is 1. The average Bonchev–Trinajstić information content (AvgIpc) is 3.16. The highest BCUT2D eigenvalue weighted by molar-refractivity contribution is 5.95. The molecule has 0 radical (unpaired) electrons. The second-order valence-electron chi connectivity index (χ2n) is 6.01. The van der Waals surface area contributed by atoms with E-state index in [1.807, 2.05) is 42.5 Å². The van der Waals surface area contributed by atoms with Gasteiger partial charge in [0.15, 0.2) is 0 Å².